The van der Waals surface area contributed by atoms with Crippen molar-refractivity contribution >= 4 is 23.3 Å². The van der Waals surface area contributed by atoms with E-state index < -0.39 is 5.91 Å². The Morgan fingerprint density at radius 2 is 2.04 bits per heavy atom. The Balaban J connectivity index is 0.00000151. The van der Waals surface area contributed by atoms with Crippen LogP contribution in [0, 0.1) is 0 Å². The maximum atomic E-state index is 12.0. The van der Waals surface area contributed by atoms with E-state index in [2.05, 4.69) is 23.5 Å². The number of benzene rings is 1. The standard InChI is InChI=1S/C17H20ClN3O2.C2H4/c1-4-19-17-16(11(2)3)14(9-15(22)21(17)23)20-10-12-6-5-7-13(18)8-12;1-2/h5-9,20,23H,4,10H2,1-3H3;1-2H2. The van der Waals surface area contributed by atoms with E-state index in [-0.39, 0.29) is 5.84 Å². The summed E-state index contributed by atoms with van der Waals surface area (Å²) in [5.74, 6) is -0.246. The molecule has 1 aromatic rings. The van der Waals surface area contributed by atoms with E-state index in [0.717, 1.165) is 16.7 Å². The van der Waals surface area contributed by atoms with Gasteiger partial charge >= 0.3 is 0 Å². The molecule has 0 saturated carbocycles. The molecule has 0 saturated heterocycles. The highest BCUT2D eigenvalue weighted by Crippen LogP contribution is 2.22. The zero-order valence-electron chi connectivity index (χ0n) is 14.8. The van der Waals surface area contributed by atoms with Crippen molar-refractivity contribution in [2.45, 2.75) is 27.3 Å². The lowest BCUT2D eigenvalue weighted by Crippen LogP contribution is -2.41. The molecular weight excluding hydrogens is 338 g/mol. The number of rotatable bonds is 4. The third-order valence-corrected chi connectivity index (χ3v) is 3.59. The summed E-state index contributed by atoms with van der Waals surface area (Å²) < 4.78 is 0. The van der Waals surface area contributed by atoms with Crippen molar-refractivity contribution in [3.8, 4) is 0 Å². The van der Waals surface area contributed by atoms with Crippen LogP contribution in [0.15, 0.2) is 65.3 Å². The molecule has 0 radical (unpaired) electrons. The summed E-state index contributed by atoms with van der Waals surface area (Å²) in [5, 5.41) is 14.5. The lowest BCUT2D eigenvalue weighted by molar-refractivity contribution is -0.143. The lowest BCUT2D eigenvalue weighted by Gasteiger charge is -2.27. The second kappa shape index (κ2) is 9.81. The summed E-state index contributed by atoms with van der Waals surface area (Å²) >= 11 is 5.99. The Kier molecular flexibility index (Phi) is 8.11. The van der Waals surface area contributed by atoms with Gasteiger partial charge in [0.2, 0.25) is 0 Å². The SMILES string of the molecule is C=C.CCN=C1C(=C(C)C)C(NCc2cccc(Cl)c2)=CC(=O)N1O. The quantitative estimate of drug-likeness (QED) is 0.626. The second-order valence-electron chi connectivity index (χ2n) is 5.36. The van der Waals surface area contributed by atoms with E-state index in [4.69, 9.17) is 11.6 Å². The summed E-state index contributed by atoms with van der Waals surface area (Å²) in [4.78, 5) is 16.2. The third kappa shape index (κ3) is 5.31. The maximum Gasteiger partial charge on any atom is 0.278 e. The van der Waals surface area contributed by atoms with Gasteiger partial charge in [0, 0.05) is 29.8 Å². The molecule has 134 valence electrons. The van der Waals surface area contributed by atoms with Gasteiger partial charge in [0.05, 0.1) is 5.70 Å². The van der Waals surface area contributed by atoms with Crippen LogP contribution >= 0.6 is 11.6 Å². The number of amides is 1. The van der Waals surface area contributed by atoms with Crippen molar-refractivity contribution in [1.82, 2.24) is 10.4 Å². The summed E-state index contributed by atoms with van der Waals surface area (Å²) in [6.07, 6.45) is 1.38. The summed E-state index contributed by atoms with van der Waals surface area (Å²) in [6, 6.07) is 7.50. The Labute approximate surface area is 154 Å². The number of hydrogen-bond donors (Lipinski definition) is 2. The van der Waals surface area contributed by atoms with Crippen LogP contribution in [0.5, 0.6) is 0 Å². The second-order valence-corrected chi connectivity index (χ2v) is 5.80. The average Bonchev–Trinajstić information content (AvgIpc) is 2.59. The highest BCUT2D eigenvalue weighted by molar-refractivity contribution is 6.30. The number of amidine groups is 1. The number of aliphatic imine (C=N–C) groups is 1. The maximum absolute atomic E-state index is 12.0. The highest BCUT2D eigenvalue weighted by atomic mass is 35.5. The van der Waals surface area contributed by atoms with Gasteiger partial charge in [-0.15, -0.1) is 13.2 Å². The fraction of sp³-hybridized carbons (Fsp3) is 0.263. The zero-order valence-corrected chi connectivity index (χ0v) is 15.6. The molecule has 1 aromatic carbocycles. The van der Waals surface area contributed by atoms with Crippen LogP contribution in [0.1, 0.15) is 26.3 Å². The summed E-state index contributed by atoms with van der Waals surface area (Å²) in [6.45, 7) is 12.7. The number of nitrogens with zero attached hydrogens (tertiary/aromatic N) is 2. The molecule has 1 amide bonds. The number of hydrogen-bond acceptors (Lipinski definition) is 4. The predicted molar refractivity (Wildman–Crippen MR) is 103 cm³/mol. The number of allylic oxidation sites excluding steroid dienone is 1. The average molecular weight is 362 g/mol. The van der Waals surface area contributed by atoms with E-state index in [9.17, 15) is 10.0 Å². The molecule has 2 N–H and O–H groups in total. The number of nitrogens with one attached hydrogen (secondary N) is 1. The third-order valence-electron chi connectivity index (χ3n) is 3.35. The van der Waals surface area contributed by atoms with Crippen molar-refractivity contribution in [3.05, 3.63) is 70.9 Å². The van der Waals surface area contributed by atoms with Crippen LogP contribution in [0.2, 0.25) is 5.02 Å². The first kappa shape index (κ1) is 20.7. The molecule has 6 heteroatoms. The van der Waals surface area contributed by atoms with Gasteiger partial charge in [0.1, 0.15) is 0 Å². The van der Waals surface area contributed by atoms with Crippen LogP contribution in [0.4, 0.5) is 0 Å². The molecule has 1 aliphatic heterocycles. The molecule has 0 aliphatic carbocycles. The topological polar surface area (TPSA) is 64.9 Å². The fourth-order valence-electron chi connectivity index (χ4n) is 2.36. The molecule has 25 heavy (non-hydrogen) atoms. The Morgan fingerprint density at radius 3 is 2.60 bits per heavy atom. The normalized spacial score (nSPS) is 15.5. The van der Waals surface area contributed by atoms with E-state index in [1.54, 1.807) is 0 Å². The Bertz CT molecular complexity index is 719. The molecule has 0 aromatic heterocycles. The van der Waals surface area contributed by atoms with Crippen molar-refractivity contribution < 1.29 is 10.0 Å². The van der Waals surface area contributed by atoms with Crippen molar-refractivity contribution in [3.63, 3.8) is 0 Å². The number of hydroxylamine groups is 2. The van der Waals surface area contributed by atoms with Crippen LogP contribution in [0.3, 0.4) is 0 Å². The monoisotopic (exact) mass is 361 g/mol. The zero-order chi connectivity index (χ0) is 19.0. The van der Waals surface area contributed by atoms with Gasteiger partial charge in [0.25, 0.3) is 5.91 Å². The lowest BCUT2D eigenvalue weighted by atomic mass is 10.0. The van der Waals surface area contributed by atoms with E-state index >= 15 is 0 Å². The molecule has 0 bridgehead atoms. The van der Waals surface area contributed by atoms with Crippen LogP contribution in [-0.2, 0) is 11.3 Å². The molecule has 5 nitrogen and oxygen atoms in total. The van der Waals surface area contributed by atoms with Crippen molar-refractivity contribution in [2.75, 3.05) is 6.54 Å². The first-order valence-corrected chi connectivity index (χ1v) is 8.27. The minimum absolute atomic E-state index is 0.272. The van der Waals surface area contributed by atoms with E-state index in [0.29, 0.717) is 28.9 Å². The van der Waals surface area contributed by atoms with Gasteiger partial charge < -0.3 is 5.32 Å². The van der Waals surface area contributed by atoms with Gasteiger partial charge in [-0.25, -0.2) is 0 Å². The predicted octanol–water partition coefficient (Wildman–Crippen LogP) is 4.10. The summed E-state index contributed by atoms with van der Waals surface area (Å²) in [5.41, 5.74) is 3.33. The number of carbonyl (C=O) groups excluding carboxylic acids is 1. The molecule has 2 rings (SSSR count). The Morgan fingerprint density at radius 1 is 1.36 bits per heavy atom. The number of carbonyl (C=O) groups is 1. The molecule has 0 fully saturated rings. The van der Waals surface area contributed by atoms with Crippen LogP contribution in [0.25, 0.3) is 0 Å². The molecule has 0 spiro atoms. The van der Waals surface area contributed by atoms with Gasteiger partial charge in [-0.2, -0.15) is 5.06 Å². The Hall–Kier alpha value is -2.37. The van der Waals surface area contributed by atoms with Gasteiger partial charge in [-0.1, -0.05) is 29.3 Å². The number of halogens is 1. The highest BCUT2D eigenvalue weighted by Gasteiger charge is 2.29. The fourth-order valence-corrected chi connectivity index (χ4v) is 2.57. The minimum atomic E-state index is -0.518. The van der Waals surface area contributed by atoms with Gasteiger partial charge in [-0.05, 0) is 38.5 Å². The van der Waals surface area contributed by atoms with E-state index in [1.165, 1.54) is 6.08 Å². The largest absolute Gasteiger partial charge is 0.380 e. The molecule has 1 aliphatic rings. The smallest absolute Gasteiger partial charge is 0.278 e. The molecule has 0 unspecified atom stereocenters. The van der Waals surface area contributed by atoms with E-state index in [1.807, 2.05) is 45.0 Å². The molecule has 0 atom stereocenters. The first-order chi connectivity index (χ1) is 11.9. The first-order valence-electron chi connectivity index (χ1n) is 7.89. The van der Waals surface area contributed by atoms with Crippen LogP contribution in [-0.4, -0.2) is 28.6 Å². The van der Waals surface area contributed by atoms with Gasteiger partial charge in [-0.3, -0.25) is 15.0 Å². The molecule has 1 heterocycles. The minimum Gasteiger partial charge on any atom is -0.380 e. The van der Waals surface area contributed by atoms with Crippen molar-refractivity contribution in [2.24, 2.45) is 4.99 Å². The van der Waals surface area contributed by atoms with Crippen molar-refractivity contribution in [1.29, 1.82) is 0 Å². The van der Waals surface area contributed by atoms with Crippen LogP contribution < -0.4 is 5.32 Å². The summed E-state index contributed by atoms with van der Waals surface area (Å²) in [7, 11) is 0. The van der Waals surface area contributed by atoms with Gasteiger partial charge in [0.15, 0.2) is 5.84 Å². The molecular formula is C19H24ClN3O2.